The van der Waals surface area contributed by atoms with Crippen LogP contribution in [-0.4, -0.2) is 59.3 Å². The molecule has 1 aliphatic heterocycles. The number of carbonyl (C=O) groups excluding carboxylic acids is 2. The maximum atomic E-state index is 12.3. The van der Waals surface area contributed by atoms with Crippen molar-refractivity contribution >= 4 is 11.8 Å². The van der Waals surface area contributed by atoms with Crippen LogP contribution in [0.1, 0.15) is 22.5 Å². The second-order valence-corrected chi connectivity index (χ2v) is 6.00. The molecular formula is C18H22N4O3. The summed E-state index contributed by atoms with van der Waals surface area (Å²) in [5.41, 5.74) is 1.18. The zero-order valence-corrected chi connectivity index (χ0v) is 14.1. The first-order valence-electron chi connectivity index (χ1n) is 8.43. The van der Waals surface area contributed by atoms with Gasteiger partial charge in [0.2, 0.25) is 5.91 Å². The summed E-state index contributed by atoms with van der Waals surface area (Å²) in [6, 6.07) is 7.25. The summed E-state index contributed by atoms with van der Waals surface area (Å²) < 4.78 is 5.01. The van der Waals surface area contributed by atoms with Crippen LogP contribution < -0.4 is 5.32 Å². The number of hydrogen-bond donors (Lipinski definition) is 1. The van der Waals surface area contributed by atoms with Gasteiger partial charge in [-0.25, -0.2) is 0 Å². The van der Waals surface area contributed by atoms with E-state index in [0.29, 0.717) is 26.1 Å². The van der Waals surface area contributed by atoms with Gasteiger partial charge >= 0.3 is 0 Å². The lowest BCUT2D eigenvalue weighted by Crippen LogP contribution is -2.48. The summed E-state index contributed by atoms with van der Waals surface area (Å²) in [5, 5.41) is 2.70. The number of piperazine rings is 1. The average molecular weight is 342 g/mol. The largest absolute Gasteiger partial charge is 0.459 e. The molecule has 1 N–H and O–H groups in total. The SMILES string of the molecule is O=C(NCCC(=O)N1CCN(Cc2cccnc2)CC1)c1ccco1. The third-order valence-electron chi connectivity index (χ3n) is 4.22. The number of hydrogen-bond acceptors (Lipinski definition) is 5. The van der Waals surface area contributed by atoms with Crippen molar-refractivity contribution in [1.29, 1.82) is 0 Å². The molecule has 2 amide bonds. The molecule has 2 aromatic heterocycles. The Morgan fingerprint density at radius 1 is 1.16 bits per heavy atom. The standard InChI is InChI=1S/C18H22N4O3/c23-17(5-7-20-18(24)16-4-2-12-25-16)22-10-8-21(9-11-22)14-15-3-1-6-19-13-15/h1-4,6,12-13H,5,7-11,14H2,(H,20,24). The number of aromatic nitrogens is 1. The van der Waals surface area contributed by atoms with Crippen LogP contribution in [0, 0.1) is 0 Å². The first-order chi connectivity index (χ1) is 12.2. The van der Waals surface area contributed by atoms with E-state index in [1.54, 1.807) is 18.3 Å². The summed E-state index contributed by atoms with van der Waals surface area (Å²) in [6.45, 7) is 4.29. The number of pyridine rings is 1. The lowest BCUT2D eigenvalue weighted by atomic mass is 10.2. The van der Waals surface area contributed by atoms with Crippen LogP contribution in [0.4, 0.5) is 0 Å². The van der Waals surface area contributed by atoms with Gasteiger partial charge in [-0.05, 0) is 23.8 Å². The Morgan fingerprint density at radius 2 is 2.00 bits per heavy atom. The summed E-state index contributed by atoms with van der Waals surface area (Å²) in [7, 11) is 0. The van der Waals surface area contributed by atoms with Gasteiger partial charge in [0, 0.05) is 58.1 Å². The van der Waals surface area contributed by atoms with Gasteiger partial charge < -0.3 is 14.6 Å². The maximum absolute atomic E-state index is 12.3. The van der Waals surface area contributed by atoms with E-state index in [-0.39, 0.29) is 17.6 Å². The molecule has 0 atom stereocenters. The van der Waals surface area contributed by atoms with Gasteiger partial charge in [-0.3, -0.25) is 19.5 Å². The normalized spacial score (nSPS) is 15.1. The quantitative estimate of drug-likeness (QED) is 0.852. The Hall–Kier alpha value is -2.67. The van der Waals surface area contributed by atoms with Crippen LogP contribution in [0.5, 0.6) is 0 Å². The van der Waals surface area contributed by atoms with E-state index in [2.05, 4.69) is 21.3 Å². The molecule has 2 aromatic rings. The minimum atomic E-state index is -0.293. The highest BCUT2D eigenvalue weighted by Gasteiger charge is 2.21. The van der Waals surface area contributed by atoms with Gasteiger partial charge in [0.1, 0.15) is 0 Å². The predicted octanol–water partition coefficient (Wildman–Crippen LogP) is 1.14. The average Bonchev–Trinajstić information content (AvgIpc) is 3.18. The van der Waals surface area contributed by atoms with Crippen LogP contribution in [0.2, 0.25) is 0 Å². The van der Waals surface area contributed by atoms with Crippen molar-refractivity contribution in [2.45, 2.75) is 13.0 Å². The van der Waals surface area contributed by atoms with Crippen molar-refractivity contribution in [1.82, 2.24) is 20.1 Å². The predicted molar refractivity (Wildman–Crippen MR) is 91.8 cm³/mol. The van der Waals surface area contributed by atoms with E-state index in [0.717, 1.165) is 19.6 Å². The topological polar surface area (TPSA) is 78.7 Å². The van der Waals surface area contributed by atoms with Gasteiger partial charge in [-0.2, -0.15) is 0 Å². The molecule has 0 spiro atoms. The molecule has 0 radical (unpaired) electrons. The van der Waals surface area contributed by atoms with Crippen LogP contribution >= 0.6 is 0 Å². The number of nitrogens with one attached hydrogen (secondary N) is 1. The molecule has 0 saturated carbocycles. The summed E-state index contributed by atoms with van der Waals surface area (Å²) in [6.07, 6.45) is 5.39. The van der Waals surface area contributed by atoms with Crippen molar-refractivity contribution < 1.29 is 14.0 Å². The van der Waals surface area contributed by atoms with E-state index in [1.807, 2.05) is 17.2 Å². The highest BCUT2D eigenvalue weighted by molar-refractivity contribution is 5.91. The zero-order valence-electron chi connectivity index (χ0n) is 14.1. The van der Waals surface area contributed by atoms with Crippen molar-refractivity contribution in [3.63, 3.8) is 0 Å². The number of nitrogens with zero attached hydrogens (tertiary/aromatic N) is 3. The molecule has 0 aromatic carbocycles. The monoisotopic (exact) mass is 342 g/mol. The van der Waals surface area contributed by atoms with Crippen molar-refractivity contribution in [3.8, 4) is 0 Å². The Morgan fingerprint density at radius 3 is 2.68 bits per heavy atom. The second-order valence-electron chi connectivity index (χ2n) is 6.00. The van der Waals surface area contributed by atoms with Crippen LogP contribution in [0.25, 0.3) is 0 Å². The highest BCUT2D eigenvalue weighted by Crippen LogP contribution is 2.08. The van der Waals surface area contributed by atoms with E-state index >= 15 is 0 Å². The fourth-order valence-corrected chi connectivity index (χ4v) is 2.84. The molecular weight excluding hydrogens is 320 g/mol. The van der Waals surface area contributed by atoms with Crippen molar-refractivity contribution in [3.05, 3.63) is 54.2 Å². The van der Waals surface area contributed by atoms with Crippen LogP contribution in [-0.2, 0) is 11.3 Å². The van der Waals surface area contributed by atoms with E-state index in [9.17, 15) is 9.59 Å². The molecule has 0 aliphatic carbocycles. The fourth-order valence-electron chi connectivity index (χ4n) is 2.84. The van der Waals surface area contributed by atoms with Crippen LogP contribution in [0.15, 0.2) is 47.3 Å². The number of amides is 2. The maximum Gasteiger partial charge on any atom is 0.286 e. The van der Waals surface area contributed by atoms with Gasteiger partial charge in [0.25, 0.3) is 5.91 Å². The number of furan rings is 1. The molecule has 7 heteroatoms. The third kappa shape index (κ3) is 4.90. The Labute approximate surface area is 146 Å². The van der Waals surface area contributed by atoms with Gasteiger partial charge in [-0.1, -0.05) is 6.07 Å². The van der Waals surface area contributed by atoms with Gasteiger partial charge in [0.05, 0.1) is 6.26 Å². The molecule has 3 rings (SSSR count). The molecule has 3 heterocycles. The number of rotatable bonds is 6. The zero-order chi connectivity index (χ0) is 17.5. The molecule has 0 unspecified atom stereocenters. The Bertz CT molecular complexity index is 680. The van der Waals surface area contributed by atoms with Crippen molar-refractivity contribution in [2.24, 2.45) is 0 Å². The molecule has 1 fully saturated rings. The molecule has 0 bridgehead atoms. The lowest BCUT2D eigenvalue weighted by molar-refractivity contribution is -0.132. The molecule has 132 valence electrons. The van der Waals surface area contributed by atoms with E-state index in [1.165, 1.54) is 11.8 Å². The smallest absolute Gasteiger partial charge is 0.286 e. The Balaban J connectivity index is 1.36. The van der Waals surface area contributed by atoms with Crippen LogP contribution in [0.3, 0.4) is 0 Å². The molecule has 25 heavy (non-hydrogen) atoms. The minimum absolute atomic E-state index is 0.0702. The summed E-state index contributed by atoms with van der Waals surface area (Å²) >= 11 is 0. The van der Waals surface area contributed by atoms with E-state index < -0.39 is 0 Å². The first-order valence-corrected chi connectivity index (χ1v) is 8.43. The lowest BCUT2D eigenvalue weighted by Gasteiger charge is -2.34. The second kappa shape index (κ2) is 8.43. The van der Waals surface area contributed by atoms with Gasteiger partial charge in [0.15, 0.2) is 5.76 Å². The van der Waals surface area contributed by atoms with Crippen molar-refractivity contribution in [2.75, 3.05) is 32.7 Å². The summed E-state index contributed by atoms with van der Waals surface area (Å²) in [5.74, 6) is 0.0383. The molecule has 1 saturated heterocycles. The highest BCUT2D eigenvalue weighted by atomic mass is 16.3. The molecule has 1 aliphatic rings. The fraction of sp³-hybridized carbons (Fsp3) is 0.389. The number of carbonyl (C=O) groups is 2. The summed E-state index contributed by atoms with van der Waals surface area (Å²) in [4.78, 5) is 32.3. The van der Waals surface area contributed by atoms with E-state index in [4.69, 9.17) is 4.42 Å². The minimum Gasteiger partial charge on any atom is -0.459 e. The third-order valence-corrected chi connectivity index (χ3v) is 4.22. The van der Waals surface area contributed by atoms with Gasteiger partial charge in [-0.15, -0.1) is 0 Å². The Kier molecular flexibility index (Phi) is 5.79. The first kappa shape index (κ1) is 17.2. The molecule has 7 nitrogen and oxygen atoms in total.